The minimum absolute atomic E-state index is 0.413. The van der Waals surface area contributed by atoms with Crippen molar-refractivity contribution in [2.24, 2.45) is 0 Å². The highest BCUT2D eigenvalue weighted by atomic mass is 16.5. The molecule has 1 heterocycles. The van der Waals surface area contributed by atoms with Gasteiger partial charge in [0.2, 0.25) is 0 Å². The van der Waals surface area contributed by atoms with Crippen LogP contribution in [0.2, 0.25) is 0 Å². The van der Waals surface area contributed by atoms with Crippen LogP contribution in [0.3, 0.4) is 0 Å². The summed E-state index contributed by atoms with van der Waals surface area (Å²) in [4.78, 5) is 0. The number of hydrogen-bond acceptors (Lipinski definition) is 4. The Hall–Kier alpha value is -2.17. The van der Waals surface area contributed by atoms with Crippen LogP contribution in [0.1, 0.15) is 5.69 Å². The van der Waals surface area contributed by atoms with Crippen molar-refractivity contribution in [2.45, 2.75) is 6.61 Å². The summed E-state index contributed by atoms with van der Waals surface area (Å²) in [7, 11) is 1.63. The number of nitrogen functional groups attached to an aromatic ring is 1. The van der Waals surface area contributed by atoms with Crippen molar-refractivity contribution in [1.82, 2.24) is 10.2 Å². The second-order valence-electron chi connectivity index (χ2n) is 3.28. The molecular weight excluding hydrogens is 206 g/mol. The van der Waals surface area contributed by atoms with Crippen LogP contribution in [-0.2, 0) is 6.61 Å². The summed E-state index contributed by atoms with van der Waals surface area (Å²) in [6.45, 7) is 0.413. The van der Waals surface area contributed by atoms with Gasteiger partial charge in [0.1, 0.15) is 23.9 Å². The summed E-state index contributed by atoms with van der Waals surface area (Å²) >= 11 is 0. The molecule has 0 fully saturated rings. The van der Waals surface area contributed by atoms with E-state index in [1.165, 1.54) is 0 Å². The fourth-order valence-electron chi connectivity index (χ4n) is 1.29. The average molecular weight is 219 g/mol. The zero-order chi connectivity index (χ0) is 11.4. The molecule has 1 aromatic heterocycles. The molecule has 2 rings (SSSR count). The number of aromatic amines is 1. The number of hydrogen-bond donors (Lipinski definition) is 2. The predicted octanol–water partition coefficient (Wildman–Crippen LogP) is 1.58. The second kappa shape index (κ2) is 4.57. The summed E-state index contributed by atoms with van der Waals surface area (Å²) in [5.74, 6) is 2.04. The van der Waals surface area contributed by atoms with E-state index in [4.69, 9.17) is 15.2 Å². The molecule has 0 aliphatic carbocycles. The number of ether oxygens (including phenoxy) is 2. The molecule has 0 unspecified atom stereocenters. The summed E-state index contributed by atoms with van der Waals surface area (Å²) in [5.41, 5.74) is 6.31. The first kappa shape index (κ1) is 10.4. The molecular formula is C11H13N3O2. The molecule has 1 aromatic carbocycles. The van der Waals surface area contributed by atoms with Crippen LogP contribution in [0, 0.1) is 0 Å². The number of nitrogens with one attached hydrogen (secondary N) is 1. The smallest absolute Gasteiger partial charge is 0.145 e. The van der Waals surface area contributed by atoms with Crippen LogP contribution < -0.4 is 15.2 Å². The molecule has 2 aromatic rings. The number of aromatic nitrogens is 2. The molecule has 84 valence electrons. The minimum atomic E-state index is 0.413. The lowest BCUT2D eigenvalue weighted by molar-refractivity contribution is 0.300. The number of nitrogens with two attached hydrogens (primary N) is 1. The zero-order valence-electron chi connectivity index (χ0n) is 8.93. The molecule has 0 bridgehead atoms. The molecule has 5 heteroatoms. The molecule has 0 aliphatic heterocycles. The molecule has 0 spiro atoms. The van der Waals surface area contributed by atoms with Crippen molar-refractivity contribution in [3.63, 3.8) is 0 Å². The Labute approximate surface area is 93.2 Å². The number of methoxy groups -OCH3 is 1. The van der Waals surface area contributed by atoms with Gasteiger partial charge in [0.05, 0.1) is 12.8 Å². The van der Waals surface area contributed by atoms with Crippen LogP contribution in [-0.4, -0.2) is 17.3 Å². The Balaban J connectivity index is 1.94. The van der Waals surface area contributed by atoms with Gasteiger partial charge in [-0.2, -0.15) is 5.10 Å². The minimum Gasteiger partial charge on any atom is -0.497 e. The molecule has 0 radical (unpaired) electrons. The molecule has 0 amide bonds. The highest BCUT2D eigenvalue weighted by Gasteiger charge is 1.99. The first-order valence-corrected chi connectivity index (χ1v) is 4.84. The lowest BCUT2D eigenvalue weighted by atomic mass is 10.3. The fourth-order valence-corrected chi connectivity index (χ4v) is 1.29. The Bertz CT molecular complexity index is 451. The van der Waals surface area contributed by atoms with Gasteiger partial charge >= 0.3 is 0 Å². The normalized spacial score (nSPS) is 10.1. The van der Waals surface area contributed by atoms with E-state index in [1.54, 1.807) is 13.2 Å². The largest absolute Gasteiger partial charge is 0.497 e. The van der Waals surface area contributed by atoms with Crippen LogP contribution in [0.15, 0.2) is 30.3 Å². The summed E-state index contributed by atoms with van der Waals surface area (Å²) in [6.07, 6.45) is 0. The topological polar surface area (TPSA) is 73.2 Å². The monoisotopic (exact) mass is 219 g/mol. The van der Waals surface area contributed by atoms with Crippen LogP contribution >= 0.6 is 0 Å². The van der Waals surface area contributed by atoms with Gasteiger partial charge in [-0.3, -0.25) is 5.10 Å². The molecule has 0 atom stereocenters. The summed E-state index contributed by atoms with van der Waals surface area (Å²) < 4.78 is 10.6. The SMILES string of the molecule is COc1ccc(OCc2cc(N)n[nH]2)cc1. The van der Waals surface area contributed by atoms with Crippen molar-refractivity contribution < 1.29 is 9.47 Å². The number of H-pyrrole nitrogens is 1. The molecule has 3 N–H and O–H groups in total. The summed E-state index contributed by atoms with van der Waals surface area (Å²) in [6, 6.07) is 9.12. The second-order valence-corrected chi connectivity index (χ2v) is 3.28. The lowest BCUT2D eigenvalue weighted by Crippen LogP contribution is -1.95. The van der Waals surface area contributed by atoms with Gasteiger partial charge in [-0.05, 0) is 24.3 Å². The van der Waals surface area contributed by atoms with E-state index in [0.717, 1.165) is 17.2 Å². The molecule has 16 heavy (non-hydrogen) atoms. The highest BCUT2D eigenvalue weighted by Crippen LogP contribution is 2.18. The van der Waals surface area contributed by atoms with E-state index in [2.05, 4.69) is 10.2 Å². The first-order chi connectivity index (χ1) is 7.78. The van der Waals surface area contributed by atoms with E-state index in [0.29, 0.717) is 12.4 Å². The standard InChI is InChI=1S/C11H13N3O2/c1-15-9-2-4-10(5-3-9)16-7-8-6-11(12)14-13-8/h2-6H,7H2,1H3,(H3,12,13,14). The Morgan fingerprint density at radius 3 is 2.50 bits per heavy atom. The van der Waals surface area contributed by atoms with Gasteiger partial charge in [-0.1, -0.05) is 0 Å². The fraction of sp³-hybridized carbons (Fsp3) is 0.182. The lowest BCUT2D eigenvalue weighted by Gasteiger charge is -2.05. The van der Waals surface area contributed by atoms with Crippen LogP contribution in [0.4, 0.5) is 5.82 Å². The third-order valence-electron chi connectivity index (χ3n) is 2.10. The van der Waals surface area contributed by atoms with Gasteiger partial charge in [0.15, 0.2) is 0 Å². The quantitative estimate of drug-likeness (QED) is 0.818. The predicted molar refractivity (Wildman–Crippen MR) is 60.3 cm³/mol. The molecule has 0 saturated heterocycles. The maximum absolute atomic E-state index is 5.52. The molecule has 5 nitrogen and oxygen atoms in total. The van der Waals surface area contributed by atoms with Crippen molar-refractivity contribution in [3.8, 4) is 11.5 Å². The Kier molecular flexibility index (Phi) is 2.95. The maximum atomic E-state index is 5.52. The van der Waals surface area contributed by atoms with Gasteiger partial charge < -0.3 is 15.2 Å². The number of benzene rings is 1. The Morgan fingerprint density at radius 2 is 1.94 bits per heavy atom. The van der Waals surface area contributed by atoms with E-state index in [9.17, 15) is 0 Å². The molecule has 0 saturated carbocycles. The Morgan fingerprint density at radius 1 is 1.25 bits per heavy atom. The van der Waals surface area contributed by atoms with Gasteiger partial charge in [-0.15, -0.1) is 0 Å². The zero-order valence-corrected chi connectivity index (χ0v) is 8.93. The van der Waals surface area contributed by atoms with Crippen molar-refractivity contribution in [1.29, 1.82) is 0 Å². The highest BCUT2D eigenvalue weighted by molar-refractivity contribution is 5.32. The van der Waals surface area contributed by atoms with Gasteiger partial charge in [0, 0.05) is 6.07 Å². The van der Waals surface area contributed by atoms with Gasteiger partial charge in [-0.25, -0.2) is 0 Å². The number of nitrogens with zero attached hydrogens (tertiary/aromatic N) is 1. The third kappa shape index (κ3) is 2.44. The van der Waals surface area contributed by atoms with E-state index in [-0.39, 0.29) is 0 Å². The third-order valence-corrected chi connectivity index (χ3v) is 2.10. The maximum Gasteiger partial charge on any atom is 0.145 e. The number of anilines is 1. The van der Waals surface area contributed by atoms with E-state index in [1.807, 2.05) is 24.3 Å². The van der Waals surface area contributed by atoms with Crippen molar-refractivity contribution in [2.75, 3.05) is 12.8 Å². The van der Waals surface area contributed by atoms with E-state index < -0.39 is 0 Å². The number of rotatable bonds is 4. The van der Waals surface area contributed by atoms with Crippen molar-refractivity contribution in [3.05, 3.63) is 36.0 Å². The average Bonchev–Trinajstić information content (AvgIpc) is 2.73. The van der Waals surface area contributed by atoms with E-state index >= 15 is 0 Å². The van der Waals surface area contributed by atoms with Crippen LogP contribution in [0.25, 0.3) is 0 Å². The van der Waals surface area contributed by atoms with Crippen LogP contribution in [0.5, 0.6) is 11.5 Å². The van der Waals surface area contributed by atoms with Gasteiger partial charge in [0.25, 0.3) is 0 Å². The summed E-state index contributed by atoms with van der Waals surface area (Å²) in [5, 5.41) is 6.58. The molecule has 0 aliphatic rings. The first-order valence-electron chi connectivity index (χ1n) is 4.84. The van der Waals surface area contributed by atoms with Crippen molar-refractivity contribution >= 4 is 5.82 Å².